The van der Waals surface area contributed by atoms with E-state index in [1.807, 2.05) is 19.1 Å². The lowest BCUT2D eigenvalue weighted by atomic mass is 10.2. The lowest BCUT2D eigenvalue weighted by molar-refractivity contribution is 0.0947. The second-order valence-corrected chi connectivity index (χ2v) is 6.76. The molecule has 7 heteroatoms. The van der Waals surface area contributed by atoms with E-state index in [0.29, 0.717) is 16.7 Å². The number of amides is 1. The van der Waals surface area contributed by atoms with E-state index < -0.39 is 11.5 Å². The number of thiazole rings is 1. The smallest absolute Gasteiger partial charge is 0.349 e. The van der Waals surface area contributed by atoms with Crippen molar-refractivity contribution >= 4 is 28.2 Å². The first-order chi connectivity index (χ1) is 12.6. The molecule has 1 amide bonds. The summed E-state index contributed by atoms with van der Waals surface area (Å²) in [5.41, 5.74) is 0.596. The van der Waals surface area contributed by atoms with Crippen molar-refractivity contribution < 1.29 is 13.6 Å². The highest BCUT2D eigenvalue weighted by molar-refractivity contribution is 7.15. The number of hydrogen-bond acceptors (Lipinski definition) is 6. The first kappa shape index (κ1) is 16.3. The number of nitrogens with zero attached hydrogens (tertiary/aromatic N) is 1. The standard InChI is InChI=1S/C19H14N2O4S/c1-11-16(26-18(21-11)15-7-4-8-24-15)10-20-17(22)13-9-12-5-2-3-6-14(12)25-19(13)23/h2-9H,10H2,1H3,(H,20,22). The first-order valence-corrected chi connectivity index (χ1v) is 8.75. The summed E-state index contributed by atoms with van der Waals surface area (Å²) < 4.78 is 10.6. The van der Waals surface area contributed by atoms with E-state index in [2.05, 4.69) is 10.3 Å². The van der Waals surface area contributed by atoms with E-state index in [1.165, 1.54) is 11.3 Å². The molecule has 0 unspecified atom stereocenters. The Hall–Kier alpha value is -3.19. The van der Waals surface area contributed by atoms with Gasteiger partial charge in [-0.2, -0.15) is 0 Å². The van der Waals surface area contributed by atoms with E-state index in [-0.39, 0.29) is 12.1 Å². The van der Waals surface area contributed by atoms with Crippen molar-refractivity contribution in [2.24, 2.45) is 0 Å². The SMILES string of the molecule is Cc1nc(-c2ccco2)sc1CNC(=O)c1cc2ccccc2oc1=O. The van der Waals surface area contributed by atoms with Crippen LogP contribution in [0.4, 0.5) is 0 Å². The average Bonchev–Trinajstić information content (AvgIpc) is 3.29. The third kappa shape index (κ3) is 3.04. The molecule has 1 N–H and O–H groups in total. The van der Waals surface area contributed by atoms with Crippen molar-refractivity contribution in [2.75, 3.05) is 0 Å². The molecule has 0 aliphatic carbocycles. The van der Waals surface area contributed by atoms with Crippen LogP contribution in [0.3, 0.4) is 0 Å². The molecule has 26 heavy (non-hydrogen) atoms. The molecule has 130 valence electrons. The van der Waals surface area contributed by atoms with Gasteiger partial charge in [0.25, 0.3) is 5.91 Å². The lowest BCUT2D eigenvalue weighted by Crippen LogP contribution is -2.27. The Morgan fingerprint density at radius 2 is 2.08 bits per heavy atom. The summed E-state index contributed by atoms with van der Waals surface area (Å²) in [6.07, 6.45) is 1.59. The first-order valence-electron chi connectivity index (χ1n) is 7.93. The Morgan fingerprint density at radius 3 is 2.88 bits per heavy atom. The summed E-state index contributed by atoms with van der Waals surface area (Å²) in [6.45, 7) is 2.14. The minimum Gasteiger partial charge on any atom is -0.462 e. The van der Waals surface area contributed by atoms with Crippen LogP contribution in [0.1, 0.15) is 20.9 Å². The molecule has 0 spiro atoms. The Labute approximate surface area is 152 Å². The minimum atomic E-state index is -0.654. The van der Waals surface area contributed by atoms with Gasteiger partial charge in [-0.1, -0.05) is 18.2 Å². The fourth-order valence-corrected chi connectivity index (χ4v) is 3.54. The molecule has 0 bridgehead atoms. The van der Waals surface area contributed by atoms with Gasteiger partial charge >= 0.3 is 5.63 Å². The van der Waals surface area contributed by atoms with Crippen LogP contribution in [0.15, 0.2) is 62.4 Å². The Kier molecular flexibility index (Phi) is 4.14. The maximum absolute atomic E-state index is 12.4. The molecule has 0 radical (unpaired) electrons. The molecule has 0 fully saturated rings. The van der Waals surface area contributed by atoms with E-state index in [9.17, 15) is 9.59 Å². The van der Waals surface area contributed by atoms with Gasteiger partial charge < -0.3 is 14.2 Å². The van der Waals surface area contributed by atoms with Gasteiger partial charge in [-0.3, -0.25) is 4.79 Å². The molecule has 0 aliphatic rings. The van der Waals surface area contributed by atoms with Gasteiger partial charge in [0.15, 0.2) is 10.8 Å². The van der Waals surface area contributed by atoms with Gasteiger partial charge in [0.05, 0.1) is 18.5 Å². The molecule has 1 aromatic carbocycles. The Bertz CT molecular complexity index is 1140. The van der Waals surface area contributed by atoms with Crippen molar-refractivity contribution in [1.82, 2.24) is 10.3 Å². The van der Waals surface area contributed by atoms with Crippen LogP contribution < -0.4 is 10.9 Å². The van der Waals surface area contributed by atoms with Gasteiger partial charge in [0.2, 0.25) is 0 Å². The van der Waals surface area contributed by atoms with E-state index in [1.54, 1.807) is 36.6 Å². The Balaban J connectivity index is 1.54. The van der Waals surface area contributed by atoms with Gasteiger partial charge in [0.1, 0.15) is 11.1 Å². The summed E-state index contributed by atoms with van der Waals surface area (Å²) in [7, 11) is 0. The third-order valence-corrected chi connectivity index (χ3v) is 5.09. The molecular formula is C19H14N2O4S. The van der Waals surface area contributed by atoms with Crippen molar-refractivity contribution in [3.63, 3.8) is 0 Å². The maximum atomic E-state index is 12.4. The highest BCUT2D eigenvalue weighted by Crippen LogP contribution is 2.28. The summed E-state index contributed by atoms with van der Waals surface area (Å²) in [5.74, 6) is 0.211. The fraction of sp³-hybridized carbons (Fsp3) is 0.105. The van der Waals surface area contributed by atoms with Crippen LogP contribution in [0.2, 0.25) is 0 Å². The van der Waals surface area contributed by atoms with Crippen LogP contribution in [-0.4, -0.2) is 10.9 Å². The Morgan fingerprint density at radius 1 is 1.23 bits per heavy atom. The van der Waals surface area contributed by atoms with Gasteiger partial charge in [-0.15, -0.1) is 11.3 Å². The number of benzene rings is 1. The van der Waals surface area contributed by atoms with Crippen LogP contribution in [0, 0.1) is 6.92 Å². The summed E-state index contributed by atoms with van der Waals surface area (Å²) in [6, 6.07) is 12.3. The molecule has 4 aromatic rings. The van der Waals surface area contributed by atoms with E-state index in [0.717, 1.165) is 15.6 Å². The molecular weight excluding hydrogens is 352 g/mol. The second kappa shape index (κ2) is 6.61. The summed E-state index contributed by atoms with van der Waals surface area (Å²) in [4.78, 5) is 29.8. The number of carbonyl (C=O) groups excluding carboxylic acids is 1. The predicted molar refractivity (Wildman–Crippen MR) is 98.2 cm³/mol. The highest BCUT2D eigenvalue weighted by atomic mass is 32.1. The monoisotopic (exact) mass is 366 g/mol. The number of nitrogens with one attached hydrogen (secondary N) is 1. The maximum Gasteiger partial charge on any atom is 0.349 e. The predicted octanol–water partition coefficient (Wildman–Crippen LogP) is 3.75. The average molecular weight is 366 g/mol. The number of rotatable bonds is 4. The lowest BCUT2D eigenvalue weighted by Gasteiger charge is -2.04. The molecule has 0 aliphatic heterocycles. The highest BCUT2D eigenvalue weighted by Gasteiger charge is 2.16. The topological polar surface area (TPSA) is 85.3 Å². The van der Waals surface area contributed by atoms with Crippen LogP contribution in [0.5, 0.6) is 0 Å². The van der Waals surface area contributed by atoms with Crippen LogP contribution >= 0.6 is 11.3 Å². The molecule has 0 saturated carbocycles. The van der Waals surface area contributed by atoms with Gasteiger partial charge in [-0.25, -0.2) is 9.78 Å². The fourth-order valence-electron chi connectivity index (χ4n) is 2.57. The molecule has 3 heterocycles. The number of fused-ring (bicyclic) bond motifs is 1. The van der Waals surface area contributed by atoms with Crippen molar-refractivity contribution in [3.8, 4) is 10.8 Å². The normalized spacial score (nSPS) is 11.0. The quantitative estimate of drug-likeness (QED) is 0.556. The molecule has 6 nitrogen and oxygen atoms in total. The number of hydrogen-bond donors (Lipinski definition) is 1. The van der Waals surface area contributed by atoms with Crippen molar-refractivity contribution in [3.05, 3.63) is 75.3 Å². The second-order valence-electron chi connectivity index (χ2n) is 5.67. The molecule has 3 aromatic heterocycles. The van der Waals surface area contributed by atoms with E-state index >= 15 is 0 Å². The number of aryl methyl sites for hydroxylation is 1. The zero-order valence-electron chi connectivity index (χ0n) is 13.8. The van der Waals surface area contributed by atoms with Crippen LogP contribution in [0.25, 0.3) is 21.7 Å². The molecule has 0 atom stereocenters. The summed E-state index contributed by atoms with van der Waals surface area (Å²) in [5, 5.41) is 4.21. The van der Waals surface area contributed by atoms with Crippen molar-refractivity contribution in [1.29, 1.82) is 0 Å². The summed E-state index contributed by atoms with van der Waals surface area (Å²) >= 11 is 1.44. The molecule has 0 saturated heterocycles. The number of aromatic nitrogens is 1. The van der Waals surface area contributed by atoms with E-state index in [4.69, 9.17) is 8.83 Å². The largest absolute Gasteiger partial charge is 0.462 e. The third-order valence-electron chi connectivity index (χ3n) is 3.92. The number of para-hydroxylation sites is 1. The van der Waals surface area contributed by atoms with Gasteiger partial charge in [-0.05, 0) is 31.2 Å². The minimum absolute atomic E-state index is 0.0165. The zero-order chi connectivity index (χ0) is 18.1. The van der Waals surface area contributed by atoms with Gasteiger partial charge in [0, 0.05) is 10.3 Å². The number of carbonyl (C=O) groups is 1. The number of furan rings is 1. The van der Waals surface area contributed by atoms with Crippen molar-refractivity contribution in [2.45, 2.75) is 13.5 Å². The zero-order valence-corrected chi connectivity index (χ0v) is 14.6. The van der Waals surface area contributed by atoms with Crippen LogP contribution in [-0.2, 0) is 6.54 Å². The molecule has 4 rings (SSSR count).